The predicted molar refractivity (Wildman–Crippen MR) is 108 cm³/mol. The van der Waals surface area contributed by atoms with Gasteiger partial charge in [-0.3, -0.25) is 9.59 Å². The molecule has 2 amide bonds. The number of hydrogen-bond acceptors (Lipinski definition) is 3. The molecule has 1 aromatic carbocycles. The van der Waals surface area contributed by atoms with Crippen molar-refractivity contribution in [2.45, 2.75) is 62.0 Å². The van der Waals surface area contributed by atoms with Crippen LogP contribution in [0.1, 0.15) is 62.2 Å². The molecule has 2 N–H and O–H groups in total. The summed E-state index contributed by atoms with van der Waals surface area (Å²) in [5.74, 6) is 2.84. The van der Waals surface area contributed by atoms with E-state index in [1.54, 1.807) is 11.8 Å². The highest BCUT2D eigenvalue weighted by Crippen LogP contribution is 2.61. The van der Waals surface area contributed by atoms with Gasteiger partial charge in [0.05, 0.1) is 10.9 Å². The Morgan fingerprint density at radius 2 is 1.85 bits per heavy atom. The molecule has 144 valence electrons. The molecular weight excluding hydrogens is 356 g/mol. The van der Waals surface area contributed by atoms with Gasteiger partial charge in [-0.25, -0.2) is 0 Å². The fourth-order valence-electron chi connectivity index (χ4n) is 6.49. The Labute approximate surface area is 165 Å². The number of benzene rings is 1. The number of carbonyl (C=O) groups excluding carboxylic acids is 2. The van der Waals surface area contributed by atoms with Gasteiger partial charge in [-0.15, -0.1) is 11.8 Å². The molecule has 4 aliphatic carbocycles. The molecule has 4 bridgehead atoms. The highest BCUT2D eigenvalue weighted by Gasteiger charge is 2.50. The second-order valence-corrected chi connectivity index (χ2v) is 10.8. The van der Waals surface area contributed by atoms with E-state index in [-0.39, 0.29) is 17.1 Å². The summed E-state index contributed by atoms with van der Waals surface area (Å²) in [6.07, 6.45) is 9.66. The summed E-state index contributed by atoms with van der Waals surface area (Å²) < 4.78 is 0. The number of anilines is 1. The summed E-state index contributed by atoms with van der Waals surface area (Å²) in [6.45, 7) is 2.66. The standard InChI is InChI=1S/C22H28N2O2S/c1-13-20(25)24-18-9-17(2-3-19(18)27-13)21(26)23-5-4-22-10-14-6-15(11-22)8-16(7-14)12-22/h2-3,9,13-16H,4-8,10-12H2,1H3,(H,23,26)(H,24,25)/t13-,14?,15?,16?,22?/m1/s1. The minimum Gasteiger partial charge on any atom is -0.352 e. The van der Waals surface area contributed by atoms with Crippen LogP contribution >= 0.6 is 11.8 Å². The van der Waals surface area contributed by atoms with E-state index in [1.165, 1.54) is 38.5 Å². The SMILES string of the molecule is C[C@H]1Sc2ccc(C(=O)NCCC34CC5CC(CC(C5)C3)C4)cc2NC1=O. The van der Waals surface area contributed by atoms with Crippen molar-refractivity contribution in [2.75, 3.05) is 11.9 Å². The Bertz CT molecular complexity index is 755. The molecule has 0 radical (unpaired) electrons. The van der Waals surface area contributed by atoms with Crippen molar-refractivity contribution in [3.63, 3.8) is 0 Å². The molecule has 1 aromatic rings. The second-order valence-electron chi connectivity index (χ2n) is 9.38. The van der Waals surface area contributed by atoms with Crippen LogP contribution in [0.15, 0.2) is 23.1 Å². The zero-order valence-electron chi connectivity index (χ0n) is 15.9. The molecule has 0 unspecified atom stereocenters. The van der Waals surface area contributed by atoms with Crippen molar-refractivity contribution < 1.29 is 9.59 Å². The molecule has 1 heterocycles. The van der Waals surface area contributed by atoms with E-state index in [0.717, 1.165) is 41.3 Å². The van der Waals surface area contributed by atoms with Crippen LogP contribution in [-0.2, 0) is 4.79 Å². The van der Waals surface area contributed by atoms with Crippen LogP contribution in [0.25, 0.3) is 0 Å². The normalized spacial score (nSPS) is 36.3. The Balaban J connectivity index is 1.21. The molecule has 0 saturated heterocycles. The van der Waals surface area contributed by atoms with E-state index in [2.05, 4.69) is 10.6 Å². The van der Waals surface area contributed by atoms with E-state index in [1.807, 2.05) is 25.1 Å². The van der Waals surface area contributed by atoms with Gasteiger partial charge in [0.15, 0.2) is 0 Å². The van der Waals surface area contributed by atoms with Crippen LogP contribution in [0, 0.1) is 23.2 Å². The number of amides is 2. The number of carbonyl (C=O) groups is 2. The first kappa shape index (κ1) is 17.6. The smallest absolute Gasteiger partial charge is 0.251 e. The highest BCUT2D eigenvalue weighted by atomic mass is 32.2. The number of fused-ring (bicyclic) bond motifs is 1. The van der Waals surface area contributed by atoms with Crippen molar-refractivity contribution in [2.24, 2.45) is 23.2 Å². The lowest BCUT2D eigenvalue weighted by atomic mass is 9.49. The van der Waals surface area contributed by atoms with Crippen LogP contribution in [0.2, 0.25) is 0 Å². The largest absolute Gasteiger partial charge is 0.352 e. The monoisotopic (exact) mass is 384 g/mol. The van der Waals surface area contributed by atoms with E-state index in [4.69, 9.17) is 0 Å². The summed E-state index contributed by atoms with van der Waals surface area (Å²) >= 11 is 1.55. The molecule has 4 fully saturated rings. The van der Waals surface area contributed by atoms with E-state index in [0.29, 0.717) is 11.0 Å². The first-order valence-corrected chi connectivity index (χ1v) is 11.3. The minimum atomic E-state index is -0.0857. The summed E-state index contributed by atoms with van der Waals surface area (Å²) in [5, 5.41) is 5.97. The van der Waals surface area contributed by atoms with Crippen molar-refractivity contribution in [3.05, 3.63) is 23.8 Å². The van der Waals surface area contributed by atoms with E-state index >= 15 is 0 Å². The maximum Gasteiger partial charge on any atom is 0.251 e. The average Bonchev–Trinajstić information content (AvgIpc) is 2.61. The Kier molecular flexibility index (Phi) is 4.26. The van der Waals surface area contributed by atoms with Crippen molar-refractivity contribution in [3.8, 4) is 0 Å². The third-order valence-electron chi connectivity index (χ3n) is 7.28. The van der Waals surface area contributed by atoms with Gasteiger partial charge in [0, 0.05) is 17.0 Å². The third-order valence-corrected chi connectivity index (χ3v) is 8.46. The summed E-state index contributed by atoms with van der Waals surface area (Å²) in [7, 11) is 0. The molecule has 1 aliphatic heterocycles. The van der Waals surface area contributed by atoms with Crippen LogP contribution < -0.4 is 10.6 Å². The number of nitrogens with one attached hydrogen (secondary N) is 2. The van der Waals surface area contributed by atoms with Crippen molar-refractivity contribution in [1.29, 1.82) is 0 Å². The van der Waals surface area contributed by atoms with E-state index < -0.39 is 0 Å². The van der Waals surface area contributed by atoms with Gasteiger partial charge in [-0.1, -0.05) is 0 Å². The summed E-state index contributed by atoms with van der Waals surface area (Å²) in [4.78, 5) is 25.5. The van der Waals surface area contributed by atoms with Gasteiger partial charge in [0.25, 0.3) is 5.91 Å². The second kappa shape index (κ2) is 6.54. The molecule has 4 saturated carbocycles. The average molecular weight is 385 g/mol. The zero-order chi connectivity index (χ0) is 18.6. The molecular formula is C22H28N2O2S. The molecule has 0 aromatic heterocycles. The maximum absolute atomic E-state index is 12.6. The molecule has 6 rings (SSSR count). The van der Waals surface area contributed by atoms with Crippen LogP contribution in [-0.4, -0.2) is 23.6 Å². The van der Waals surface area contributed by atoms with Gasteiger partial charge in [0.2, 0.25) is 5.91 Å². The third kappa shape index (κ3) is 3.28. The van der Waals surface area contributed by atoms with E-state index in [9.17, 15) is 9.59 Å². The summed E-state index contributed by atoms with van der Waals surface area (Å²) in [5.41, 5.74) is 1.89. The first-order chi connectivity index (χ1) is 13.0. The fourth-order valence-corrected chi connectivity index (χ4v) is 7.42. The van der Waals surface area contributed by atoms with Gasteiger partial charge in [-0.05, 0) is 93.2 Å². The van der Waals surface area contributed by atoms with Crippen LogP contribution in [0.5, 0.6) is 0 Å². The van der Waals surface area contributed by atoms with Crippen LogP contribution in [0.3, 0.4) is 0 Å². The van der Waals surface area contributed by atoms with Crippen LogP contribution in [0.4, 0.5) is 5.69 Å². The number of hydrogen-bond donors (Lipinski definition) is 2. The lowest BCUT2D eigenvalue weighted by Crippen LogP contribution is -2.47. The lowest BCUT2D eigenvalue weighted by molar-refractivity contribution is -0.115. The topological polar surface area (TPSA) is 58.2 Å². The number of thioether (sulfide) groups is 1. The fraction of sp³-hybridized carbons (Fsp3) is 0.636. The van der Waals surface area contributed by atoms with Gasteiger partial charge in [-0.2, -0.15) is 0 Å². The molecule has 0 spiro atoms. The van der Waals surface area contributed by atoms with Crippen molar-refractivity contribution >= 4 is 29.3 Å². The summed E-state index contributed by atoms with van der Waals surface area (Å²) in [6, 6.07) is 5.63. The molecule has 27 heavy (non-hydrogen) atoms. The first-order valence-electron chi connectivity index (χ1n) is 10.4. The quantitative estimate of drug-likeness (QED) is 0.806. The Morgan fingerprint density at radius 1 is 1.19 bits per heavy atom. The molecule has 5 heteroatoms. The molecule has 1 atom stereocenters. The maximum atomic E-state index is 12.6. The van der Waals surface area contributed by atoms with Crippen molar-refractivity contribution in [1.82, 2.24) is 5.32 Å². The predicted octanol–water partition coefficient (Wildman–Crippen LogP) is 4.46. The Hall–Kier alpha value is -1.49. The van der Waals surface area contributed by atoms with Gasteiger partial charge >= 0.3 is 0 Å². The Morgan fingerprint density at radius 3 is 2.52 bits per heavy atom. The van der Waals surface area contributed by atoms with Gasteiger partial charge < -0.3 is 10.6 Å². The zero-order valence-corrected chi connectivity index (χ0v) is 16.7. The lowest BCUT2D eigenvalue weighted by Gasteiger charge is -2.57. The number of rotatable bonds is 4. The molecule has 4 nitrogen and oxygen atoms in total. The molecule has 5 aliphatic rings. The van der Waals surface area contributed by atoms with Gasteiger partial charge in [0.1, 0.15) is 0 Å². The minimum absolute atomic E-state index is 0.00637. The highest BCUT2D eigenvalue weighted by molar-refractivity contribution is 8.00.